The third kappa shape index (κ3) is 4.03. The van der Waals surface area contributed by atoms with Crippen LogP contribution in [0.2, 0.25) is 5.02 Å². The molecule has 0 aromatic heterocycles. The van der Waals surface area contributed by atoms with E-state index in [4.69, 9.17) is 16.3 Å². The van der Waals surface area contributed by atoms with Gasteiger partial charge in [0.2, 0.25) is 5.91 Å². The Hall–Kier alpha value is -1.66. The number of hydrogen-bond acceptors (Lipinski definition) is 4. The van der Waals surface area contributed by atoms with Gasteiger partial charge >= 0.3 is 5.97 Å². The molecule has 1 amide bonds. The SMILES string of the molecule is O=C(Cc1ccc(F)cc1Cl)N1CCC2(CC1)CC(CN1CCCC1)OC2=O. The summed E-state index contributed by atoms with van der Waals surface area (Å²) < 4.78 is 18.9. The van der Waals surface area contributed by atoms with E-state index in [9.17, 15) is 14.0 Å². The molecule has 0 aliphatic carbocycles. The average molecular weight is 409 g/mol. The number of carbonyl (C=O) groups is 2. The van der Waals surface area contributed by atoms with Crippen molar-refractivity contribution in [2.75, 3.05) is 32.7 Å². The summed E-state index contributed by atoms with van der Waals surface area (Å²) in [5, 5.41) is 0.269. The van der Waals surface area contributed by atoms with E-state index in [1.54, 1.807) is 11.0 Å². The molecule has 1 unspecified atom stereocenters. The summed E-state index contributed by atoms with van der Waals surface area (Å²) in [6, 6.07) is 4.09. The third-order valence-electron chi connectivity index (χ3n) is 6.42. The van der Waals surface area contributed by atoms with Crippen molar-refractivity contribution in [1.82, 2.24) is 9.80 Å². The predicted molar refractivity (Wildman–Crippen MR) is 104 cm³/mol. The third-order valence-corrected chi connectivity index (χ3v) is 6.77. The summed E-state index contributed by atoms with van der Waals surface area (Å²) in [6.45, 7) is 4.11. The van der Waals surface area contributed by atoms with Crippen molar-refractivity contribution in [3.05, 3.63) is 34.6 Å². The number of piperidine rings is 1. The minimum Gasteiger partial charge on any atom is -0.461 e. The van der Waals surface area contributed by atoms with Gasteiger partial charge in [0.15, 0.2) is 0 Å². The number of esters is 1. The van der Waals surface area contributed by atoms with Gasteiger partial charge in [-0.05, 0) is 56.5 Å². The predicted octanol–water partition coefficient (Wildman–Crippen LogP) is 3.04. The number of halogens is 2. The van der Waals surface area contributed by atoms with Gasteiger partial charge in [0.25, 0.3) is 0 Å². The fraction of sp³-hybridized carbons (Fsp3) is 0.619. The highest BCUT2D eigenvalue weighted by atomic mass is 35.5. The number of hydrogen-bond donors (Lipinski definition) is 0. The Bertz CT molecular complexity index is 758. The van der Waals surface area contributed by atoms with E-state index in [1.165, 1.54) is 25.0 Å². The number of likely N-dealkylation sites (tertiary alicyclic amines) is 2. The first kappa shape index (κ1) is 19.6. The molecule has 28 heavy (non-hydrogen) atoms. The second kappa shape index (κ2) is 7.99. The van der Waals surface area contributed by atoms with Crippen LogP contribution in [0.3, 0.4) is 0 Å². The van der Waals surface area contributed by atoms with Crippen LogP contribution < -0.4 is 0 Å². The van der Waals surface area contributed by atoms with Gasteiger partial charge in [0.1, 0.15) is 11.9 Å². The van der Waals surface area contributed by atoms with E-state index in [0.29, 0.717) is 31.5 Å². The van der Waals surface area contributed by atoms with E-state index in [1.807, 2.05) is 0 Å². The van der Waals surface area contributed by atoms with Crippen LogP contribution in [0.5, 0.6) is 0 Å². The molecule has 1 aromatic rings. The molecule has 1 aromatic carbocycles. The fourth-order valence-electron chi connectivity index (χ4n) is 4.72. The Morgan fingerprint density at radius 2 is 1.93 bits per heavy atom. The number of carbonyl (C=O) groups excluding carboxylic acids is 2. The van der Waals surface area contributed by atoms with Crippen molar-refractivity contribution in [3.8, 4) is 0 Å². The second-order valence-electron chi connectivity index (χ2n) is 8.31. The molecular formula is C21H26ClFN2O3. The molecule has 0 saturated carbocycles. The van der Waals surface area contributed by atoms with Crippen molar-refractivity contribution >= 4 is 23.5 Å². The zero-order valence-corrected chi connectivity index (χ0v) is 16.7. The molecule has 1 atom stereocenters. The lowest BCUT2D eigenvalue weighted by Crippen LogP contribution is -2.45. The van der Waals surface area contributed by atoms with Crippen LogP contribution >= 0.6 is 11.6 Å². The topological polar surface area (TPSA) is 49.9 Å². The van der Waals surface area contributed by atoms with Crippen molar-refractivity contribution in [3.63, 3.8) is 0 Å². The molecule has 0 N–H and O–H groups in total. The number of amides is 1. The fourth-order valence-corrected chi connectivity index (χ4v) is 4.96. The molecule has 3 heterocycles. The summed E-state index contributed by atoms with van der Waals surface area (Å²) in [4.78, 5) is 29.4. The van der Waals surface area contributed by atoms with Crippen molar-refractivity contribution in [1.29, 1.82) is 0 Å². The maximum absolute atomic E-state index is 13.2. The van der Waals surface area contributed by atoms with Crippen LogP contribution in [-0.4, -0.2) is 60.5 Å². The molecule has 7 heteroatoms. The van der Waals surface area contributed by atoms with Crippen molar-refractivity contribution < 1.29 is 18.7 Å². The summed E-state index contributed by atoms with van der Waals surface area (Å²) in [7, 11) is 0. The van der Waals surface area contributed by atoms with Gasteiger partial charge in [0, 0.05) is 31.1 Å². The molecular weight excluding hydrogens is 383 g/mol. The number of benzene rings is 1. The Kier molecular flexibility index (Phi) is 5.61. The smallest absolute Gasteiger partial charge is 0.312 e. The first-order chi connectivity index (χ1) is 13.4. The summed E-state index contributed by atoms with van der Waals surface area (Å²) >= 11 is 6.04. The zero-order valence-electron chi connectivity index (χ0n) is 16.0. The highest BCUT2D eigenvalue weighted by Gasteiger charge is 2.51. The molecule has 3 saturated heterocycles. The summed E-state index contributed by atoms with van der Waals surface area (Å²) in [6.07, 6.45) is 4.62. The highest BCUT2D eigenvalue weighted by molar-refractivity contribution is 6.31. The van der Waals surface area contributed by atoms with Crippen LogP contribution in [0.15, 0.2) is 18.2 Å². The Morgan fingerprint density at radius 1 is 1.21 bits per heavy atom. The molecule has 4 rings (SSSR count). The quantitative estimate of drug-likeness (QED) is 0.718. The summed E-state index contributed by atoms with van der Waals surface area (Å²) in [5.74, 6) is -0.543. The standard InChI is InChI=1S/C21H26ClFN2O3/c22-18-12-16(23)4-3-15(18)11-19(26)25-9-5-21(6-10-25)13-17(28-20(21)27)14-24-7-1-2-8-24/h3-4,12,17H,1-2,5-11,13-14H2. The van der Waals surface area contributed by atoms with Crippen LogP contribution in [0.1, 0.15) is 37.7 Å². The van der Waals surface area contributed by atoms with Gasteiger partial charge in [-0.2, -0.15) is 0 Å². The minimum absolute atomic E-state index is 0.0223. The van der Waals surface area contributed by atoms with Crippen LogP contribution in [0.4, 0.5) is 4.39 Å². The lowest BCUT2D eigenvalue weighted by molar-refractivity contribution is -0.152. The van der Waals surface area contributed by atoms with Gasteiger partial charge in [-0.3, -0.25) is 14.5 Å². The molecule has 5 nitrogen and oxygen atoms in total. The largest absolute Gasteiger partial charge is 0.461 e. The van der Waals surface area contributed by atoms with E-state index in [-0.39, 0.29) is 29.4 Å². The molecule has 3 fully saturated rings. The maximum atomic E-state index is 13.2. The van der Waals surface area contributed by atoms with E-state index in [2.05, 4.69) is 4.90 Å². The van der Waals surface area contributed by atoms with Crippen molar-refractivity contribution in [2.45, 2.75) is 44.6 Å². The Morgan fingerprint density at radius 3 is 2.61 bits per heavy atom. The van der Waals surface area contributed by atoms with Gasteiger partial charge in [-0.15, -0.1) is 0 Å². The number of ether oxygens (including phenoxy) is 1. The maximum Gasteiger partial charge on any atom is 0.312 e. The molecule has 3 aliphatic rings. The van der Waals surface area contributed by atoms with Crippen LogP contribution in [-0.2, 0) is 20.7 Å². The lowest BCUT2D eigenvalue weighted by Gasteiger charge is -2.36. The molecule has 152 valence electrons. The van der Waals surface area contributed by atoms with E-state index >= 15 is 0 Å². The molecule has 3 aliphatic heterocycles. The van der Waals surface area contributed by atoms with E-state index < -0.39 is 11.2 Å². The lowest BCUT2D eigenvalue weighted by atomic mass is 9.76. The van der Waals surface area contributed by atoms with E-state index in [0.717, 1.165) is 26.1 Å². The Balaban J connectivity index is 1.32. The van der Waals surface area contributed by atoms with Crippen LogP contribution in [0, 0.1) is 11.2 Å². The monoisotopic (exact) mass is 408 g/mol. The van der Waals surface area contributed by atoms with Crippen LogP contribution in [0.25, 0.3) is 0 Å². The highest BCUT2D eigenvalue weighted by Crippen LogP contribution is 2.43. The average Bonchev–Trinajstić information content (AvgIpc) is 3.27. The van der Waals surface area contributed by atoms with Gasteiger partial charge in [-0.25, -0.2) is 4.39 Å². The van der Waals surface area contributed by atoms with Gasteiger partial charge in [-0.1, -0.05) is 17.7 Å². The normalized spacial score (nSPS) is 24.7. The first-order valence-electron chi connectivity index (χ1n) is 10.1. The minimum atomic E-state index is -0.436. The number of cyclic esters (lactones) is 1. The molecule has 0 radical (unpaired) electrons. The number of rotatable bonds is 4. The summed E-state index contributed by atoms with van der Waals surface area (Å²) in [5.41, 5.74) is 0.189. The van der Waals surface area contributed by atoms with Gasteiger partial charge in [0.05, 0.1) is 11.8 Å². The number of nitrogens with zero attached hydrogens (tertiary/aromatic N) is 2. The zero-order chi connectivity index (χ0) is 19.7. The Labute approximate surface area is 169 Å². The van der Waals surface area contributed by atoms with Crippen molar-refractivity contribution in [2.24, 2.45) is 5.41 Å². The first-order valence-corrected chi connectivity index (χ1v) is 10.5. The molecule has 1 spiro atoms. The molecule has 0 bridgehead atoms. The second-order valence-corrected chi connectivity index (χ2v) is 8.72. The van der Waals surface area contributed by atoms with Gasteiger partial charge < -0.3 is 9.64 Å².